The van der Waals surface area contributed by atoms with Crippen molar-refractivity contribution in [3.05, 3.63) is 35.9 Å². The molecule has 2 rings (SSSR count). The van der Waals surface area contributed by atoms with E-state index in [9.17, 15) is 9.59 Å². The summed E-state index contributed by atoms with van der Waals surface area (Å²) in [6.07, 6.45) is 4.91. The van der Waals surface area contributed by atoms with Gasteiger partial charge in [-0.25, -0.2) is 0 Å². The summed E-state index contributed by atoms with van der Waals surface area (Å²) in [6.45, 7) is 11.9. The van der Waals surface area contributed by atoms with Crippen LogP contribution in [0.3, 0.4) is 0 Å². The number of hydrogen-bond acceptors (Lipinski definition) is 4. The number of Topliss-reactive ketones (excluding diaryl/α,β-unsaturated/α-hetero) is 2. The largest absolute Gasteiger partial charge is 0.301 e. The third-order valence-corrected chi connectivity index (χ3v) is 7.08. The molecule has 1 saturated heterocycles. The quantitative estimate of drug-likeness (QED) is 0.549. The molecule has 0 aliphatic carbocycles. The Kier molecular flexibility index (Phi) is 9.04. The molecule has 29 heavy (non-hydrogen) atoms. The Morgan fingerprint density at radius 3 is 2.24 bits per heavy atom. The summed E-state index contributed by atoms with van der Waals surface area (Å²) in [5.74, 6) is 0.715. The second-order valence-electron chi connectivity index (χ2n) is 8.59. The van der Waals surface area contributed by atoms with Crippen molar-refractivity contribution >= 4 is 11.6 Å². The lowest BCUT2D eigenvalue weighted by Crippen LogP contribution is -2.57. The second kappa shape index (κ2) is 11.0. The molecule has 4 nitrogen and oxygen atoms in total. The van der Waals surface area contributed by atoms with Crippen molar-refractivity contribution in [3.8, 4) is 0 Å². The summed E-state index contributed by atoms with van der Waals surface area (Å²) in [4.78, 5) is 27.9. The van der Waals surface area contributed by atoms with Gasteiger partial charge in [-0.2, -0.15) is 0 Å². The molecule has 1 aromatic rings. The molecule has 2 unspecified atom stereocenters. The van der Waals surface area contributed by atoms with Crippen LogP contribution >= 0.6 is 0 Å². The molecule has 1 aliphatic heterocycles. The van der Waals surface area contributed by atoms with Crippen LogP contribution in [-0.4, -0.2) is 40.6 Å². The van der Waals surface area contributed by atoms with Gasteiger partial charge in [-0.3, -0.25) is 14.5 Å². The molecule has 0 amide bonds. The molecule has 1 aromatic carbocycles. The van der Waals surface area contributed by atoms with Crippen molar-refractivity contribution in [2.45, 2.75) is 97.3 Å². The van der Waals surface area contributed by atoms with E-state index < -0.39 is 5.54 Å². The first-order chi connectivity index (χ1) is 13.9. The van der Waals surface area contributed by atoms with Gasteiger partial charge in [0.25, 0.3) is 0 Å². The maximum atomic E-state index is 13.0. The minimum Gasteiger partial charge on any atom is -0.301 e. The molecule has 1 aliphatic rings. The zero-order valence-corrected chi connectivity index (χ0v) is 19.0. The summed E-state index contributed by atoms with van der Waals surface area (Å²) >= 11 is 0. The number of rotatable bonds is 12. The molecule has 2 atom stereocenters. The number of benzene rings is 1. The average Bonchev–Trinajstić information content (AvgIpc) is 3.08. The number of nitrogens with one attached hydrogen (secondary N) is 1. The van der Waals surface area contributed by atoms with Crippen LogP contribution in [0.25, 0.3) is 0 Å². The molecule has 1 N–H and O–H groups in total. The van der Waals surface area contributed by atoms with E-state index >= 15 is 0 Å². The Labute approximate surface area is 177 Å². The molecular weight excluding hydrogens is 360 g/mol. The molecule has 0 radical (unpaired) electrons. The molecule has 162 valence electrons. The lowest BCUT2D eigenvalue weighted by Gasteiger charge is -2.37. The van der Waals surface area contributed by atoms with Crippen LogP contribution in [0.1, 0.15) is 78.7 Å². The van der Waals surface area contributed by atoms with Gasteiger partial charge in [-0.05, 0) is 44.6 Å². The Morgan fingerprint density at radius 1 is 1.10 bits per heavy atom. The zero-order valence-electron chi connectivity index (χ0n) is 19.0. The van der Waals surface area contributed by atoms with Crippen LogP contribution in [-0.2, 0) is 16.1 Å². The third-order valence-electron chi connectivity index (χ3n) is 7.08. The highest BCUT2D eigenvalue weighted by Gasteiger charge is 2.42. The monoisotopic (exact) mass is 400 g/mol. The van der Waals surface area contributed by atoms with Gasteiger partial charge in [0.2, 0.25) is 0 Å². The molecule has 1 fully saturated rings. The average molecular weight is 401 g/mol. The second-order valence-corrected chi connectivity index (χ2v) is 8.59. The highest BCUT2D eigenvalue weighted by molar-refractivity contribution is 5.86. The molecule has 0 saturated carbocycles. The van der Waals surface area contributed by atoms with E-state index in [-0.39, 0.29) is 23.8 Å². The molecule has 0 aromatic heterocycles. The van der Waals surface area contributed by atoms with Crippen molar-refractivity contribution in [2.24, 2.45) is 5.92 Å². The normalized spacial score (nSPS) is 20.3. The van der Waals surface area contributed by atoms with Gasteiger partial charge in [-0.1, -0.05) is 58.0 Å². The number of nitrogens with zero attached hydrogens (tertiary/aromatic N) is 1. The van der Waals surface area contributed by atoms with Crippen molar-refractivity contribution < 1.29 is 9.59 Å². The Bertz CT molecular complexity index is 650. The topological polar surface area (TPSA) is 49.4 Å². The minimum atomic E-state index is -0.483. The van der Waals surface area contributed by atoms with Gasteiger partial charge in [0, 0.05) is 37.5 Å². The molecule has 1 heterocycles. The zero-order chi connectivity index (χ0) is 21.4. The smallest absolute Gasteiger partial charge is 0.149 e. The van der Waals surface area contributed by atoms with Crippen LogP contribution in [0.4, 0.5) is 0 Å². The van der Waals surface area contributed by atoms with Gasteiger partial charge in [-0.15, -0.1) is 0 Å². The first kappa shape index (κ1) is 23.8. The molecular formula is C25H40N2O2. The van der Waals surface area contributed by atoms with E-state index in [1.165, 1.54) is 5.56 Å². The Hall–Kier alpha value is -1.52. The summed E-state index contributed by atoms with van der Waals surface area (Å²) in [7, 11) is 0. The minimum absolute atomic E-state index is 0.139. The lowest BCUT2D eigenvalue weighted by molar-refractivity contribution is -0.124. The highest BCUT2D eigenvalue weighted by Crippen LogP contribution is 2.29. The summed E-state index contributed by atoms with van der Waals surface area (Å²) in [5.41, 5.74) is 0.792. The maximum Gasteiger partial charge on any atom is 0.149 e. The number of hydrogen-bond donors (Lipinski definition) is 1. The summed E-state index contributed by atoms with van der Waals surface area (Å²) in [5, 5.41) is 3.73. The highest BCUT2D eigenvalue weighted by atomic mass is 16.1. The number of carbonyl (C=O) groups is 2. The van der Waals surface area contributed by atoms with E-state index in [0.717, 1.165) is 45.2 Å². The predicted molar refractivity (Wildman–Crippen MR) is 120 cm³/mol. The number of ketones is 2. The van der Waals surface area contributed by atoms with Crippen molar-refractivity contribution in [1.29, 1.82) is 0 Å². The first-order valence-electron chi connectivity index (χ1n) is 11.5. The lowest BCUT2D eigenvalue weighted by atomic mass is 9.85. The van der Waals surface area contributed by atoms with Crippen molar-refractivity contribution in [3.63, 3.8) is 0 Å². The Morgan fingerprint density at radius 2 is 1.72 bits per heavy atom. The fourth-order valence-electron chi connectivity index (χ4n) is 4.90. The number of likely N-dealkylation sites (tertiary alicyclic amines) is 1. The van der Waals surface area contributed by atoms with Gasteiger partial charge in [0.15, 0.2) is 0 Å². The summed E-state index contributed by atoms with van der Waals surface area (Å²) in [6, 6.07) is 10.8. The van der Waals surface area contributed by atoms with Crippen LogP contribution in [0.2, 0.25) is 0 Å². The van der Waals surface area contributed by atoms with Gasteiger partial charge < -0.3 is 5.32 Å². The third kappa shape index (κ3) is 5.76. The standard InChI is InChI=1S/C25H40N2O2/c1-6-21(7-2)24(29)17-23-22(26-25(8-3,9-4)19(5)28)15-16-27(23)18-20-13-11-10-12-14-20/h10-14,21-23,26H,6-9,15-18H2,1-5H3. The predicted octanol–water partition coefficient (Wildman–Crippen LogP) is 4.76. The Balaban J connectivity index is 2.24. The van der Waals surface area contributed by atoms with Gasteiger partial charge in [0.1, 0.15) is 11.6 Å². The molecule has 0 bridgehead atoms. The van der Waals surface area contributed by atoms with Gasteiger partial charge in [0.05, 0.1) is 5.54 Å². The van der Waals surface area contributed by atoms with Crippen LogP contribution in [0, 0.1) is 5.92 Å². The van der Waals surface area contributed by atoms with E-state index in [1.54, 1.807) is 6.92 Å². The van der Waals surface area contributed by atoms with Gasteiger partial charge >= 0.3 is 0 Å². The maximum absolute atomic E-state index is 13.0. The van der Waals surface area contributed by atoms with E-state index in [1.807, 2.05) is 6.07 Å². The molecule has 0 spiro atoms. The van der Waals surface area contributed by atoms with Crippen LogP contribution in [0.5, 0.6) is 0 Å². The number of carbonyl (C=O) groups excluding carboxylic acids is 2. The van der Waals surface area contributed by atoms with E-state index in [4.69, 9.17) is 0 Å². The fraction of sp³-hybridized carbons (Fsp3) is 0.680. The molecule has 4 heteroatoms. The summed E-state index contributed by atoms with van der Waals surface area (Å²) < 4.78 is 0. The van der Waals surface area contributed by atoms with E-state index in [0.29, 0.717) is 12.2 Å². The first-order valence-corrected chi connectivity index (χ1v) is 11.5. The SMILES string of the molecule is CCC(CC)C(=O)CC1C(NC(CC)(CC)C(C)=O)CCN1Cc1ccccc1. The van der Waals surface area contributed by atoms with E-state index in [2.05, 4.69) is 62.2 Å². The fourth-order valence-corrected chi connectivity index (χ4v) is 4.90. The van der Waals surface area contributed by atoms with Crippen LogP contribution in [0.15, 0.2) is 30.3 Å². The van der Waals surface area contributed by atoms with Crippen molar-refractivity contribution in [2.75, 3.05) is 6.54 Å². The van der Waals surface area contributed by atoms with Crippen LogP contribution < -0.4 is 5.32 Å². The van der Waals surface area contributed by atoms with Crippen molar-refractivity contribution in [1.82, 2.24) is 10.2 Å².